The van der Waals surface area contributed by atoms with Crippen molar-refractivity contribution >= 4 is 0 Å². The predicted octanol–water partition coefficient (Wildman–Crippen LogP) is 2.54. The Bertz CT molecular complexity index is 487. The molecule has 0 saturated carbocycles. The van der Waals surface area contributed by atoms with Crippen LogP contribution in [-0.2, 0) is 7.05 Å². The first-order chi connectivity index (χ1) is 8.72. The maximum atomic E-state index is 3.95. The van der Waals surface area contributed by atoms with Crippen molar-refractivity contribution < 1.29 is 0 Å². The Morgan fingerprint density at radius 2 is 2.00 bits per heavy atom. The molecule has 2 rings (SSSR count). The zero-order valence-corrected chi connectivity index (χ0v) is 11.2. The fourth-order valence-electron chi connectivity index (χ4n) is 1.97. The Morgan fingerprint density at radius 3 is 2.56 bits per heavy atom. The quantitative estimate of drug-likeness (QED) is 0.879. The highest BCUT2D eigenvalue weighted by Crippen LogP contribution is 2.20. The summed E-state index contributed by atoms with van der Waals surface area (Å²) < 4.78 is 1.79. The lowest BCUT2D eigenvalue weighted by Crippen LogP contribution is -2.19. The van der Waals surface area contributed by atoms with Crippen molar-refractivity contribution in [3.63, 3.8) is 0 Å². The highest BCUT2D eigenvalue weighted by atomic mass is 15.4. The van der Waals surface area contributed by atoms with E-state index in [-0.39, 0.29) is 0 Å². The molecule has 0 amide bonds. The van der Waals surface area contributed by atoms with E-state index in [1.807, 2.05) is 7.05 Å². The Hall–Kier alpha value is -1.68. The number of aromatic nitrogens is 3. The van der Waals surface area contributed by atoms with Gasteiger partial charge in [0, 0.05) is 18.7 Å². The minimum atomic E-state index is 0.392. The van der Waals surface area contributed by atoms with Gasteiger partial charge in [0.1, 0.15) is 0 Å². The number of hydrogen-bond donors (Lipinski definition) is 1. The molecule has 0 saturated heterocycles. The van der Waals surface area contributed by atoms with E-state index in [1.54, 1.807) is 10.9 Å². The summed E-state index contributed by atoms with van der Waals surface area (Å²) in [4.78, 5) is 0. The van der Waals surface area contributed by atoms with Gasteiger partial charge in [-0.05, 0) is 25.5 Å². The summed E-state index contributed by atoms with van der Waals surface area (Å²) in [5.41, 5.74) is 3.49. The normalized spacial score (nSPS) is 12.6. The van der Waals surface area contributed by atoms with Gasteiger partial charge in [0.15, 0.2) is 0 Å². The van der Waals surface area contributed by atoms with Crippen molar-refractivity contribution in [2.75, 3.05) is 6.54 Å². The number of aryl methyl sites for hydroxylation is 1. The van der Waals surface area contributed by atoms with Crippen LogP contribution in [0.3, 0.4) is 0 Å². The summed E-state index contributed by atoms with van der Waals surface area (Å²) in [6.07, 6.45) is 2.94. The minimum Gasteiger partial charge on any atom is -0.310 e. The Kier molecular flexibility index (Phi) is 4.10. The van der Waals surface area contributed by atoms with E-state index in [2.05, 4.69) is 53.7 Å². The highest BCUT2D eigenvalue weighted by Gasteiger charge is 2.06. The van der Waals surface area contributed by atoms with Crippen LogP contribution < -0.4 is 5.32 Å². The van der Waals surface area contributed by atoms with Crippen molar-refractivity contribution in [2.24, 2.45) is 7.05 Å². The average molecular weight is 244 g/mol. The van der Waals surface area contributed by atoms with Crippen LogP contribution in [0.15, 0.2) is 30.5 Å². The van der Waals surface area contributed by atoms with E-state index in [1.165, 1.54) is 5.56 Å². The van der Waals surface area contributed by atoms with Crippen LogP contribution in [-0.4, -0.2) is 21.5 Å². The molecule has 1 aromatic carbocycles. The van der Waals surface area contributed by atoms with E-state index in [4.69, 9.17) is 0 Å². The van der Waals surface area contributed by atoms with Crippen molar-refractivity contribution in [2.45, 2.75) is 26.3 Å². The molecule has 0 radical (unpaired) electrons. The molecule has 0 aliphatic rings. The third-order valence-corrected chi connectivity index (χ3v) is 3.12. The molecular weight excluding hydrogens is 224 g/mol. The van der Waals surface area contributed by atoms with Crippen molar-refractivity contribution in [1.82, 2.24) is 20.3 Å². The van der Waals surface area contributed by atoms with E-state index in [9.17, 15) is 0 Å². The average Bonchev–Trinajstić information content (AvgIpc) is 2.82. The van der Waals surface area contributed by atoms with Crippen LogP contribution in [0.1, 0.15) is 31.9 Å². The van der Waals surface area contributed by atoms with Gasteiger partial charge in [-0.25, -0.2) is 4.68 Å². The number of hydrogen-bond acceptors (Lipinski definition) is 3. The highest BCUT2D eigenvalue weighted by molar-refractivity contribution is 5.58. The first-order valence-corrected chi connectivity index (χ1v) is 6.40. The molecule has 2 aromatic rings. The molecule has 96 valence electrons. The number of rotatable bonds is 5. The second kappa shape index (κ2) is 5.78. The lowest BCUT2D eigenvalue weighted by molar-refractivity contribution is 0.571. The molecule has 0 fully saturated rings. The van der Waals surface area contributed by atoms with Crippen LogP contribution in [0.2, 0.25) is 0 Å². The molecule has 18 heavy (non-hydrogen) atoms. The first-order valence-electron chi connectivity index (χ1n) is 6.40. The Labute approximate surface area is 108 Å². The fourth-order valence-corrected chi connectivity index (χ4v) is 1.97. The third-order valence-electron chi connectivity index (χ3n) is 3.12. The van der Waals surface area contributed by atoms with E-state index in [0.29, 0.717) is 6.04 Å². The van der Waals surface area contributed by atoms with Gasteiger partial charge in [0.25, 0.3) is 0 Å². The van der Waals surface area contributed by atoms with E-state index < -0.39 is 0 Å². The molecule has 0 bridgehead atoms. The smallest absolute Gasteiger partial charge is 0.0882 e. The van der Waals surface area contributed by atoms with E-state index in [0.717, 1.165) is 24.2 Å². The van der Waals surface area contributed by atoms with Gasteiger partial charge in [0.2, 0.25) is 0 Å². The van der Waals surface area contributed by atoms with Crippen LogP contribution >= 0.6 is 0 Å². The molecule has 1 unspecified atom stereocenters. The van der Waals surface area contributed by atoms with Gasteiger partial charge in [-0.1, -0.05) is 36.4 Å². The summed E-state index contributed by atoms with van der Waals surface area (Å²) in [5, 5.41) is 11.3. The summed E-state index contributed by atoms with van der Waals surface area (Å²) in [6, 6.07) is 8.96. The van der Waals surface area contributed by atoms with Gasteiger partial charge in [-0.2, -0.15) is 0 Å². The molecule has 1 heterocycles. The monoisotopic (exact) mass is 244 g/mol. The van der Waals surface area contributed by atoms with Crippen molar-refractivity contribution in [3.05, 3.63) is 36.0 Å². The standard InChI is InChI=1S/C14H20N4/c1-4-9-15-11(2)12-5-7-13(8-6-12)14-10-16-17-18(14)3/h5-8,10-11,15H,4,9H2,1-3H3. The summed E-state index contributed by atoms with van der Waals surface area (Å²) in [7, 11) is 1.90. The Morgan fingerprint density at radius 1 is 1.28 bits per heavy atom. The first kappa shape index (κ1) is 12.8. The lowest BCUT2D eigenvalue weighted by Gasteiger charge is -2.14. The zero-order valence-electron chi connectivity index (χ0n) is 11.2. The predicted molar refractivity (Wildman–Crippen MR) is 73.1 cm³/mol. The van der Waals surface area contributed by atoms with Crippen LogP contribution in [0.4, 0.5) is 0 Å². The Balaban J connectivity index is 2.13. The molecule has 0 aliphatic carbocycles. The molecule has 1 aromatic heterocycles. The number of nitrogens with zero attached hydrogens (tertiary/aromatic N) is 3. The second-order valence-electron chi connectivity index (χ2n) is 4.54. The maximum absolute atomic E-state index is 3.95. The third kappa shape index (κ3) is 2.76. The van der Waals surface area contributed by atoms with Gasteiger partial charge >= 0.3 is 0 Å². The number of benzene rings is 1. The topological polar surface area (TPSA) is 42.7 Å². The fraction of sp³-hybridized carbons (Fsp3) is 0.429. The molecule has 1 atom stereocenters. The van der Waals surface area contributed by atoms with Crippen molar-refractivity contribution in [3.8, 4) is 11.3 Å². The van der Waals surface area contributed by atoms with Crippen LogP contribution in [0.25, 0.3) is 11.3 Å². The molecular formula is C14H20N4. The molecule has 0 spiro atoms. The summed E-state index contributed by atoms with van der Waals surface area (Å²) in [5.74, 6) is 0. The van der Waals surface area contributed by atoms with Gasteiger partial charge in [0.05, 0.1) is 11.9 Å². The van der Waals surface area contributed by atoms with Gasteiger partial charge in [-0.15, -0.1) is 5.10 Å². The lowest BCUT2D eigenvalue weighted by atomic mass is 10.0. The zero-order chi connectivity index (χ0) is 13.0. The second-order valence-corrected chi connectivity index (χ2v) is 4.54. The van der Waals surface area contributed by atoms with Crippen molar-refractivity contribution in [1.29, 1.82) is 0 Å². The van der Waals surface area contributed by atoms with Crippen LogP contribution in [0.5, 0.6) is 0 Å². The molecule has 0 aliphatic heterocycles. The molecule has 1 N–H and O–H groups in total. The molecule has 4 heteroatoms. The summed E-state index contributed by atoms with van der Waals surface area (Å²) >= 11 is 0. The van der Waals surface area contributed by atoms with Gasteiger partial charge < -0.3 is 5.32 Å². The molecule has 4 nitrogen and oxygen atoms in total. The van der Waals surface area contributed by atoms with Crippen LogP contribution in [0, 0.1) is 0 Å². The largest absolute Gasteiger partial charge is 0.310 e. The number of nitrogens with one attached hydrogen (secondary N) is 1. The minimum absolute atomic E-state index is 0.392. The SMILES string of the molecule is CCCNC(C)c1ccc(-c2cnnn2C)cc1. The summed E-state index contributed by atoms with van der Waals surface area (Å²) in [6.45, 7) is 5.42. The van der Waals surface area contributed by atoms with E-state index >= 15 is 0 Å². The van der Waals surface area contributed by atoms with Gasteiger partial charge in [-0.3, -0.25) is 0 Å². The maximum Gasteiger partial charge on any atom is 0.0882 e.